The Morgan fingerprint density at radius 1 is 1.12 bits per heavy atom. The van der Waals surface area contributed by atoms with Crippen LogP contribution in [0.1, 0.15) is 48.3 Å². The molecule has 0 spiro atoms. The predicted molar refractivity (Wildman–Crippen MR) is 128 cm³/mol. The second kappa shape index (κ2) is 10.8. The van der Waals surface area contributed by atoms with Crippen molar-refractivity contribution in [1.29, 1.82) is 0 Å². The molecular weight excluding hydrogens is 470 g/mol. The lowest BCUT2D eigenvalue weighted by Gasteiger charge is -2.35. The molecule has 3 aromatic rings. The van der Waals surface area contributed by atoms with Crippen LogP contribution in [0.2, 0.25) is 0 Å². The van der Waals surface area contributed by atoms with Gasteiger partial charge >= 0.3 is 0 Å². The molecule has 1 fully saturated rings. The molecule has 1 aromatic heterocycles. The molecule has 1 N–H and O–H groups in total. The van der Waals surface area contributed by atoms with Gasteiger partial charge in [0.25, 0.3) is 5.91 Å². The Morgan fingerprint density at radius 3 is 2.53 bits per heavy atom. The molecule has 0 saturated carbocycles. The molecule has 1 aliphatic heterocycles. The third-order valence-electron chi connectivity index (χ3n) is 5.73. The molecule has 32 heavy (non-hydrogen) atoms. The SMILES string of the molecule is CCOc1ccc([C@@H](CNC(=O)c2cc(-c3ccc(Br)cc3)on2)N2CCCCC2)cc1. The zero-order chi connectivity index (χ0) is 22.3. The summed E-state index contributed by atoms with van der Waals surface area (Å²) in [5.41, 5.74) is 2.33. The van der Waals surface area contributed by atoms with Crippen LogP contribution in [0.3, 0.4) is 0 Å². The number of rotatable bonds is 8. The van der Waals surface area contributed by atoms with Gasteiger partial charge in [0.1, 0.15) is 5.75 Å². The monoisotopic (exact) mass is 497 g/mol. The Kier molecular flexibility index (Phi) is 7.60. The molecule has 6 nitrogen and oxygen atoms in total. The molecular formula is C25H28BrN3O3. The van der Waals surface area contributed by atoms with E-state index in [1.54, 1.807) is 6.07 Å². The Balaban J connectivity index is 1.45. The lowest BCUT2D eigenvalue weighted by molar-refractivity contribution is 0.0915. The average Bonchev–Trinajstić information content (AvgIpc) is 3.32. The van der Waals surface area contributed by atoms with Crippen molar-refractivity contribution < 1.29 is 14.1 Å². The number of nitrogens with zero attached hydrogens (tertiary/aromatic N) is 2. The summed E-state index contributed by atoms with van der Waals surface area (Å²) in [5, 5.41) is 7.05. The van der Waals surface area contributed by atoms with Crippen LogP contribution in [0.25, 0.3) is 11.3 Å². The Labute approximate surface area is 197 Å². The topological polar surface area (TPSA) is 67.6 Å². The van der Waals surface area contributed by atoms with Gasteiger partial charge in [-0.3, -0.25) is 9.69 Å². The minimum Gasteiger partial charge on any atom is -0.494 e. The second-order valence-corrected chi connectivity index (χ2v) is 8.82. The summed E-state index contributed by atoms with van der Waals surface area (Å²) in [7, 11) is 0. The van der Waals surface area contributed by atoms with Gasteiger partial charge in [0.15, 0.2) is 11.5 Å². The number of hydrogen-bond acceptors (Lipinski definition) is 5. The van der Waals surface area contributed by atoms with E-state index in [2.05, 4.69) is 43.4 Å². The van der Waals surface area contributed by atoms with E-state index in [9.17, 15) is 4.79 Å². The van der Waals surface area contributed by atoms with Crippen molar-refractivity contribution >= 4 is 21.8 Å². The first-order chi connectivity index (χ1) is 15.6. The van der Waals surface area contributed by atoms with E-state index in [0.29, 0.717) is 18.9 Å². The van der Waals surface area contributed by atoms with Gasteiger partial charge in [-0.15, -0.1) is 0 Å². The number of ether oxygens (including phenoxy) is 1. The van der Waals surface area contributed by atoms with E-state index < -0.39 is 0 Å². The first-order valence-corrected chi connectivity index (χ1v) is 11.9. The minimum absolute atomic E-state index is 0.104. The largest absolute Gasteiger partial charge is 0.494 e. The number of carbonyl (C=O) groups excluding carboxylic acids is 1. The van der Waals surface area contributed by atoms with E-state index in [1.807, 2.05) is 43.3 Å². The lowest BCUT2D eigenvalue weighted by atomic mass is 10.0. The number of aromatic nitrogens is 1. The van der Waals surface area contributed by atoms with Crippen LogP contribution in [-0.2, 0) is 0 Å². The van der Waals surface area contributed by atoms with Crippen LogP contribution < -0.4 is 10.1 Å². The summed E-state index contributed by atoms with van der Waals surface area (Å²) in [6, 6.07) is 17.7. The van der Waals surface area contributed by atoms with Crippen molar-refractivity contribution in [3.05, 3.63) is 70.3 Å². The van der Waals surface area contributed by atoms with E-state index in [1.165, 1.54) is 24.8 Å². The van der Waals surface area contributed by atoms with Crippen LogP contribution in [-0.4, -0.2) is 42.2 Å². The number of likely N-dealkylation sites (tertiary alicyclic amines) is 1. The maximum Gasteiger partial charge on any atom is 0.273 e. The first kappa shape index (κ1) is 22.6. The summed E-state index contributed by atoms with van der Waals surface area (Å²) in [6.07, 6.45) is 3.62. The van der Waals surface area contributed by atoms with Gasteiger partial charge in [-0.1, -0.05) is 51.8 Å². The van der Waals surface area contributed by atoms with Gasteiger partial charge in [0.2, 0.25) is 0 Å². The molecule has 1 saturated heterocycles. The summed E-state index contributed by atoms with van der Waals surface area (Å²) in [5.74, 6) is 1.20. The normalized spacial score (nSPS) is 15.3. The number of piperidine rings is 1. The third kappa shape index (κ3) is 5.58. The average molecular weight is 498 g/mol. The number of benzene rings is 2. The molecule has 1 amide bonds. The fourth-order valence-corrected chi connectivity index (χ4v) is 4.32. The number of nitrogens with one attached hydrogen (secondary N) is 1. The highest BCUT2D eigenvalue weighted by molar-refractivity contribution is 9.10. The van der Waals surface area contributed by atoms with Crippen LogP contribution in [0.15, 0.2) is 63.6 Å². The molecule has 168 valence electrons. The highest BCUT2D eigenvalue weighted by atomic mass is 79.9. The van der Waals surface area contributed by atoms with E-state index >= 15 is 0 Å². The van der Waals surface area contributed by atoms with Crippen LogP contribution in [0.5, 0.6) is 5.75 Å². The van der Waals surface area contributed by atoms with Crippen molar-refractivity contribution in [2.45, 2.75) is 32.2 Å². The van der Waals surface area contributed by atoms with Crippen molar-refractivity contribution in [2.24, 2.45) is 0 Å². The molecule has 0 radical (unpaired) electrons. The smallest absolute Gasteiger partial charge is 0.273 e. The zero-order valence-corrected chi connectivity index (χ0v) is 19.8. The summed E-state index contributed by atoms with van der Waals surface area (Å²) in [4.78, 5) is 15.3. The zero-order valence-electron chi connectivity index (χ0n) is 18.2. The molecule has 0 unspecified atom stereocenters. The van der Waals surface area contributed by atoms with Crippen LogP contribution >= 0.6 is 15.9 Å². The summed E-state index contributed by atoms with van der Waals surface area (Å²) < 4.78 is 12.0. The fourth-order valence-electron chi connectivity index (χ4n) is 4.05. The van der Waals surface area contributed by atoms with Crippen molar-refractivity contribution in [2.75, 3.05) is 26.2 Å². The quantitative estimate of drug-likeness (QED) is 0.447. The van der Waals surface area contributed by atoms with Gasteiger partial charge in [-0.25, -0.2) is 0 Å². The third-order valence-corrected chi connectivity index (χ3v) is 6.26. The lowest BCUT2D eigenvalue weighted by Crippen LogP contribution is -2.40. The summed E-state index contributed by atoms with van der Waals surface area (Å²) in [6.45, 7) is 5.20. The van der Waals surface area contributed by atoms with Gasteiger partial charge < -0.3 is 14.6 Å². The fraction of sp³-hybridized carbons (Fsp3) is 0.360. The van der Waals surface area contributed by atoms with Crippen LogP contribution in [0, 0.1) is 0 Å². The maximum absolute atomic E-state index is 12.8. The molecule has 7 heteroatoms. The Bertz CT molecular complexity index is 1010. The molecule has 0 bridgehead atoms. The number of hydrogen-bond donors (Lipinski definition) is 1. The molecule has 4 rings (SSSR count). The van der Waals surface area contributed by atoms with Crippen molar-refractivity contribution in [3.8, 4) is 17.1 Å². The molecule has 2 heterocycles. The second-order valence-electron chi connectivity index (χ2n) is 7.91. The highest BCUT2D eigenvalue weighted by Gasteiger charge is 2.24. The number of amides is 1. The van der Waals surface area contributed by atoms with Gasteiger partial charge in [0, 0.05) is 22.6 Å². The molecule has 0 aliphatic carbocycles. The van der Waals surface area contributed by atoms with Crippen molar-refractivity contribution in [1.82, 2.24) is 15.4 Å². The van der Waals surface area contributed by atoms with Crippen LogP contribution in [0.4, 0.5) is 0 Å². The number of carbonyl (C=O) groups is 1. The Hall–Kier alpha value is -2.64. The standard InChI is InChI=1S/C25H28BrN3O3/c1-2-31-21-12-8-18(9-13-21)23(29-14-4-3-5-15-29)17-27-25(30)22-16-24(32-28-22)19-6-10-20(26)11-7-19/h6-13,16,23H,2-5,14-15,17H2,1H3,(H,27,30)/t23-/m1/s1. The summed E-state index contributed by atoms with van der Waals surface area (Å²) >= 11 is 3.42. The first-order valence-electron chi connectivity index (χ1n) is 11.1. The van der Waals surface area contributed by atoms with E-state index in [-0.39, 0.29) is 17.6 Å². The minimum atomic E-state index is -0.231. The maximum atomic E-state index is 12.8. The predicted octanol–water partition coefficient (Wildman–Crippen LogP) is 5.46. The van der Waals surface area contributed by atoms with E-state index in [0.717, 1.165) is 28.9 Å². The van der Waals surface area contributed by atoms with Crippen molar-refractivity contribution in [3.63, 3.8) is 0 Å². The molecule has 1 atom stereocenters. The molecule has 1 aliphatic rings. The molecule has 2 aromatic carbocycles. The van der Waals surface area contributed by atoms with Gasteiger partial charge in [-0.2, -0.15) is 0 Å². The highest BCUT2D eigenvalue weighted by Crippen LogP contribution is 2.26. The Morgan fingerprint density at radius 2 is 1.84 bits per heavy atom. The van der Waals surface area contributed by atoms with Gasteiger partial charge in [-0.05, 0) is 62.7 Å². The van der Waals surface area contributed by atoms with Gasteiger partial charge in [0.05, 0.1) is 12.6 Å². The van der Waals surface area contributed by atoms with E-state index in [4.69, 9.17) is 9.26 Å². The number of halogens is 1.